The highest BCUT2D eigenvalue weighted by molar-refractivity contribution is 5.70. The minimum Gasteiger partial charge on any atom is -0.481 e. The summed E-state index contributed by atoms with van der Waals surface area (Å²) in [5.74, 6) is -0.197. The molecule has 1 aromatic carbocycles. The molecule has 1 aliphatic rings. The van der Waals surface area contributed by atoms with Gasteiger partial charge in [-0.2, -0.15) is 0 Å². The first-order chi connectivity index (χ1) is 10.2. The van der Waals surface area contributed by atoms with Crippen molar-refractivity contribution in [3.05, 3.63) is 42.2 Å². The van der Waals surface area contributed by atoms with Crippen LogP contribution in [-0.4, -0.2) is 34.2 Å². The van der Waals surface area contributed by atoms with E-state index in [2.05, 4.69) is 10.1 Å². The third-order valence-corrected chi connectivity index (χ3v) is 3.86. The molecule has 0 aliphatic carbocycles. The van der Waals surface area contributed by atoms with Crippen LogP contribution in [0.3, 0.4) is 0 Å². The number of likely N-dealkylation sites (tertiary alicyclic amines) is 1. The molecule has 0 bridgehead atoms. The Hall–Kier alpha value is -2.14. The first kappa shape index (κ1) is 13.8. The molecule has 1 atom stereocenters. The smallest absolute Gasteiger partial charge is 0.307 e. The Bertz CT molecular complexity index is 609. The topological polar surface area (TPSA) is 66.6 Å². The summed E-state index contributed by atoms with van der Waals surface area (Å²) in [5, 5.41) is 13.2. The molecule has 0 unspecified atom stereocenters. The van der Waals surface area contributed by atoms with Crippen molar-refractivity contribution in [2.45, 2.75) is 19.4 Å². The van der Waals surface area contributed by atoms with Crippen molar-refractivity contribution in [1.29, 1.82) is 0 Å². The number of rotatable bonds is 4. The summed E-state index contributed by atoms with van der Waals surface area (Å²) in [6.07, 6.45) is 1.67. The number of hydrogen-bond donors (Lipinski definition) is 1. The van der Waals surface area contributed by atoms with E-state index in [1.165, 1.54) is 0 Å². The summed E-state index contributed by atoms with van der Waals surface area (Å²) < 4.78 is 5.38. The Morgan fingerprint density at radius 2 is 2.19 bits per heavy atom. The van der Waals surface area contributed by atoms with Gasteiger partial charge in [-0.25, -0.2) is 0 Å². The van der Waals surface area contributed by atoms with Crippen LogP contribution in [0.1, 0.15) is 18.6 Å². The Morgan fingerprint density at radius 1 is 1.38 bits per heavy atom. The number of nitrogens with zero attached hydrogens (tertiary/aromatic N) is 2. The summed E-state index contributed by atoms with van der Waals surface area (Å²) in [6.45, 7) is 2.10. The highest BCUT2D eigenvalue weighted by Crippen LogP contribution is 2.22. The van der Waals surface area contributed by atoms with Crippen LogP contribution in [0.4, 0.5) is 0 Å². The van der Waals surface area contributed by atoms with Crippen LogP contribution in [-0.2, 0) is 11.3 Å². The van der Waals surface area contributed by atoms with E-state index < -0.39 is 5.97 Å². The highest BCUT2D eigenvalue weighted by atomic mass is 16.5. The van der Waals surface area contributed by atoms with E-state index >= 15 is 0 Å². The zero-order valence-electron chi connectivity index (χ0n) is 11.7. The van der Waals surface area contributed by atoms with Gasteiger partial charge in [0, 0.05) is 18.2 Å². The van der Waals surface area contributed by atoms with Crippen LogP contribution < -0.4 is 0 Å². The molecule has 1 aromatic heterocycles. The van der Waals surface area contributed by atoms with Crippen molar-refractivity contribution in [1.82, 2.24) is 10.1 Å². The molecule has 0 saturated carbocycles. The van der Waals surface area contributed by atoms with E-state index in [4.69, 9.17) is 9.63 Å². The van der Waals surface area contributed by atoms with Crippen molar-refractivity contribution >= 4 is 5.97 Å². The van der Waals surface area contributed by atoms with Crippen molar-refractivity contribution < 1.29 is 14.4 Å². The number of hydrogen-bond acceptors (Lipinski definition) is 4. The van der Waals surface area contributed by atoms with Gasteiger partial charge in [0.2, 0.25) is 0 Å². The van der Waals surface area contributed by atoms with E-state index in [-0.39, 0.29) is 5.92 Å². The van der Waals surface area contributed by atoms with Gasteiger partial charge in [-0.05, 0) is 19.4 Å². The van der Waals surface area contributed by atoms with Crippen molar-refractivity contribution in [2.24, 2.45) is 5.92 Å². The number of aromatic nitrogens is 1. The van der Waals surface area contributed by atoms with Gasteiger partial charge in [-0.1, -0.05) is 35.5 Å². The lowest BCUT2D eigenvalue weighted by Crippen LogP contribution is -2.38. The number of carboxylic acid groups (broad SMARTS) is 1. The van der Waals surface area contributed by atoms with Crippen LogP contribution in [0.5, 0.6) is 0 Å². The molecule has 0 radical (unpaired) electrons. The molecule has 1 fully saturated rings. The molecule has 1 N–H and O–H groups in total. The van der Waals surface area contributed by atoms with Crippen LogP contribution >= 0.6 is 0 Å². The molecule has 1 saturated heterocycles. The van der Waals surface area contributed by atoms with Crippen LogP contribution in [0.15, 0.2) is 40.9 Å². The van der Waals surface area contributed by atoms with Gasteiger partial charge < -0.3 is 9.63 Å². The van der Waals surface area contributed by atoms with Gasteiger partial charge in [0.25, 0.3) is 0 Å². The molecule has 21 heavy (non-hydrogen) atoms. The minimum atomic E-state index is -0.706. The third-order valence-electron chi connectivity index (χ3n) is 3.86. The Labute approximate surface area is 123 Å². The number of piperidine rings is 1. The predicted octanol–water partition coefficient (Wildman–Crippen LogP) is 2.64. The van der Waals surface area contributed by atoms with Gasteiger partial charge in [-0.15, -0.1) is 0 Å². The normalized spacial score (nSPS) is 19.5. The average Bonchev–Trinajstić information content (AvgIpc) is 2.97. The molecule has 0 amide bonds. The van der Waals surface area contributed by atoms with Gasteiger partial charge in [0.1, 0.15) is 5.69 Å². The zero-order valence-corrected chi connectivity index (χ0v) is 11.7. The summed E-state index contributed by atoms with van der Waals surface area (Å²) in [4.78, 5) is 13.2. The van der Waals surface area contributed by atoms with E-state index in [1.807, 2.05) is 36.4 Å². The Balaban J connectivity index is 1.66. The largest absolute Gasteiger partial charge is 0.481 e. The average molecular weight is 286 g/mol. The first-order valence-electron chi connectivity index (χ1n) is 7.18. The molecule has 0 spiro atoms. The monoisotopic (exact) mass is 286 g/mol. The fourth-order valence-electron chi connectivity index (χ4n) is 2.75. The third kappa shape index (κ3) is 3.31. The maximum atomic E-state index is 11.1. The van der Waals surface area contributed by atoms with Crippen molar-refractivity contribution in [2.75, 3.05) is 13.1 Å². The number of benzene rings is 1. The molecule has 2 heterocycles. The standard InChI is InChI=1S/C16H18N2O3/c19-16(20)13-7-4-8-18(10-13)11-14-9-15(17-21-14)12-5-2-1-3-6-12/h1-3,5-6,9,13H,4,7-8,10-11H2,(H,19,20)/t13-/m1/s1. The van der Waals surface area contributed by atoms with Crippen molar-refractivity contribution in [3.8, 4) is 11.3 Å². The minimum absolute atomic E-state index is 0.268. The lowest BCUT2D eigenvalue weighted by atomic mass is 9.98. The van der Waals surface area contributed by atoms with Gasteiger partial charge in [-0.3, -0.25) is 9.69 Å². The van der Waals surface area contributed by atoms with E-state index in [1.54, 1.807) is 0 Å². The molecule has 2 aromatic rings. The molecular formula is C16H18N2O3. The van der Waals surface area contributed by atoms with Gasteiger partial charge in [0.05, 0.1) is 12.5 Å². The molecule has 5 nitrogen and oxygen atoms in total. The summed E-state index contributed by atoms with van der Waals surface area (Å²) in [7, 11) is 0. The van der Waals surface area contributed by atoms with E-state index in [0.717, 1.165) is 36.4 Å². The van der Waals surface area contributed by atoms with Crippen LogP contribution in [0.2, 0.25) is 0 Å². The lowest BCUT2D eigenvalue weighted by molar-refractivity contribution is -0.143. The predicted molar refractivity (Wildman–Crippen MR) is 77.6 cm³/mol. The fourth-order valence-corrected chi connectivity index (χ4v) is 2.75. The molecule has 110 valence electrons. The van der Waals surface area contributed by atoms with Crippen LogP contribution in [0.25, 0.3) is 11.3 Å². The Morgan fingerprint density at radius 3 is 2.95 bits per heavy atom. The SMILES string of the molecule is O=C(O)[C@@H]1CCCN(Cc2cc(-c3ccccc3)no2)C1. The highest BCUT2D eigenvalue weighted by Gasteiger charge is 2.26. The fraction of sp³-hybridized carbons (Fsp3) is 0.375. The van der Waals surface area contributed by atoms with E-state index in [9.17, 15) is 4.79 Å². The lowest BCUT2D eigenvalue weighted by Gasteiger charge is -2.29. The molecule has 3 rings (SSSR count). The molecular weight excluding hydrogens is 268 g/mol. The van der Waals surface area contributed by atoms with Gasteiger partial charge >= 0.3 is 5.97 Å². The second-order valence-electron chi connectivity index (χ2n) is 5.46. The second-order valence-corrected chi connectivity index (χ2v) is 5.46. The zero-order chi connectivity index (χ0) is 14.7. The molecule has 5 heteroatoms. The van der Waals surface area contributed by atoms with E-state index in [0.29, 0.717) is 13.1 Å². The summed E-state index contributed by atoms with van der Waals surface area (Å²) >= 11 is 0. The van der Waals surface area contributed by atoms with Crippen molar-refractivity contribution in [3.63, 3.8) is 0 Å². The number of aliphatic carboxylic acids is 1. The first-order valence-corrected chi connectivity index (χ1v) is 7.18. The maximum absolute atomic E-state index is 11.1. The number of carboxylic acids is 1. The summed E-state index contributed by atoms with van der Waals surface area (Å²) in [6, 6.07) is 11.8. The van der Waals surface area contributed by atoms with Crippen LogP contribution in [0, 0.1) is 5.92 Å². The number of carbonyl (C=O) groups is 1. The second kappa shape index (κ2) is 6.10. The quantitative estimate of drug-likeness (QED) is 0.936. The summed E-state index contributed by atoms with van der Waals surface area (Å²) in [5.41, 5.74) is 1.84. The molecule has 1 aliphatic heterocycles. The van der Waals surface area contributed by atoms with Gasteiger partial charge in [0.15, 0.2) is 5.76 Å². The Kier molecular flexibility index (Phi) is 4.01. The maximum Gasteiger partial charge on any atom is 0.307 e.